The first kappa shape index (κ1) is 23.5. The first-order valence-electron chi connectivity index (χ1n) is 18.8. The van der Waals surface area contributed by atoms with Gasteiger partial charge in [-0.15, -0.1) is 0 Å². The lowest BCUT2D eigenvalue weighted by atomic mass is 9.99. The van der Waals surface area contributed by atoms with E-state index in [0.29, 0.717) is 45.2 Å². The molecule has 0 unspecified atom stereocenters. The summed E-state index contributed by atoms with van der Waals surface area (Å²) >= 11 is 0. The molecular weight excluding hydrogens is 613 g/mol. The molecule has 0 atom stereocenters. The highest BCUT2D eigenvalue weighted by Crippen LogP contribution is 2.41. The molecule has 0 saturated carbocycles. The Morgan fingerprint density at radius 2 is 1.02 bits per heavy atom. The molecule has 0 saturated heterocycles. The van der Waals surface area contributed by atoms with Gasteiger partial charge in [0.25, 0.3) is 0 Å². The molecule has 0 aliphatic heterocycles. The van der Waals surface area contributed by atoms with E-state index < -0.39 is 6.04 Å². The fourth-order valence-corrected chi connectivity index (χ4v) is 6.97. The Kier molecular flexibility index (Phi) is 5.35. The summed E-state index contributed by atoms with van der Waals surface area (Å²) in [5.74, 6) is 1.24. The zero-order valence-electron chi connectivity index (χ0n) is 31.5. The molecule has 5 heteroatoms. The largest absolute Gasteiger partial charge is 0.455 e. The van der Waals surface area contributed by atoms with Crippen molar-refractivity contribution >= 4 is 43.7 Å². The zero-order chi connectivity index (χ0) is 37.4. The van der Waals surface area contributed by atoms with Gasteiger partial charge in [0.2, 0.25) is 5.95 Å². The average Bonchev–Trinajstić information content (AvgIpc) is 3.79. The van der Waals surface area contributed by atoms with Crippen LogP contribution in [0.4, 0.5) is 0 Å². The highest BCUT2D eigenvalue weighted by molar-refractivity contribution is 6.16. The van der Waals surface area contributed by atoms with Crippen LogP contribution >= 0.6 is 0 Å². The third kappa shape index (κ3) is 4.45. The van der Waals surface area contributed by atoms with E-state index in [9.17, 15) is 0 Å². The van der Waals surface area contributed by atoms with Crippen LogP contribution in [0.3, 0.4) is 0 Å². The van der Waals surface area contributed by atoms with Crippen LogP contribution in [-0.4, -0.2) is 19.5 Å². The number of nitrogens with zero attached hydrogens (tertiary/aromatic N) is 4. The summed E-state index contributed by atoms with van der Waals surface area (Å²) in [5.41, 5.74) is 7.11. The first-order valence-corrected chi connectivity index (χ1v) is 16.3. The maximum atomic E-state index is 8.82. The summed E-state index contributed by atoms with van der Waals surface area (Å²) in [6, 6.07) is 43.7. The number of benzene rings is 7. The third-order valence-corrected chi connectivity index (χ3v) is 9.17. The lowest BCUT2D eigenvalue weighted by Crippen LogP contribution is -2.06. The van der Waals surface area contributed by atoms with E-state index in [1.165, 1.54) is 0 Å². The van der Waals surface area contributed by atoms with Crippen molar-refractivity contribution in [3.05, 3.63) is 170 Å². The monoisotopic (exact) mass is 645 g/mol. The maximum absolute atomic E-state index is 8.82. The number of aromatic nitrogens is 4. The van der Waals surface area contributed by atoms with Gasteiger partial charge in [0.1, 0.15) is 11.2 Å². The Morgan fingerprint density at radius 3 is 1.80 bits per heavy atom. The lowest BCUT2D eigenvalue weighted by Gasteiger charge is -2.11. The van der Waals surface area contributed by atoms with Crippen LogP contribution in [0.5, 0.6) is 0 Å². The predicted octanol–water partition coefficient (Wildman–Crippen LogP) is 11.5. The fourth-order valence-electron chi connectivity index (χ4n) is 6.97. The normalized spacial score (nSPS) is 13.0. The van der Waals surface area contributed by atoms with Crippen molar-refractivity contribution in [3.63, 3.8) is 0 Å². The van der Waals surface area contributed by atoms with Gasteiger partial charge in [0.05, 0.1) is 23.5 Å². The van der Waals surface area contributed by atoms with Gasteiger partial charge in [-0.2, -0.15) is 9.97 Å². The Labute approximate surface area is 294 Å². The highest BCUT2D eigenvalue weighted by Gasteiger charge is 2.22. The number of hydrogen-bond donors (Lipinski definition) is 0. The minimum absolute atomic E-state index is 0.132. The van der Waals surface area contributed by atoms with Crippen molar-refractivity contribution in [1.82, 2.24) is 19.5 Å². The molecule has 0 aliphatic rings. The second-order valence-corrected chi connectivity index (χ2v) is 12.0. The molecule has 0 aliphatic carbocycles. The van der Waals surface area contributed by atoms with Gasteiger partial charge >= 0.3 is 0 Å². The smallest absolute Gasteiger partial charge is 0.238 e. The van der Waals surface area contributed by atoms with Crippen molar-refractivity contribution in [2.75, 3.05) is 0 Å². The topological polar surface area (TPSA) is 56.7 Å². The standard InChI is InChI=1S/C45H28N4O/c1-4-15-29(16-5-1)32-22-14-28-39-40(32)36-21-10-11-27-38(36)49(39)45-47-43(31-19-8-3-9-20-31)46-44(48-45)37-26-13-25-35-34-24-12-23-33(41(34)50-42(35)37)30-17-6-2-7-18-30/h1-28H/i1D,4D,5D,15D,16D. The molecule has 0 amide bonds. The SMILES string of the molecule is [2H]c1c([2H])c([2H])c(-c2cccc3c2c2ccccc2n3-c2nc(-c3ccccc3)nc(-c3cccc4c3oc3c(-c5ccccc5)cccc34)n2)c([2H])c1[2H]. The van der Waals surface area contributed by atoms with Crippen molar-refractivity contribution in [2.45, 2.75) is 0 Å². The van der Waals surface area contributed by atoms with Crippen molar-refractivity contribution < 1.29 is 11.3 Å². The van der Waals surface area contributed by atoms with Gasteiger partial charge in [0.15, 0.2) is 11.6 Å². The second kappa shape index (κ2) is 11.4. The minimum Gasteiger partial charge on any atom is -0.455 e. The van der Waals surface area contributed by atoms with Crippen LogP contribution in [0.2, 0.25) is 0 Å². The summed E-state index contributed by atoms with van der Waals surface area (Å²) in [7, 11) is 0. The Balaban J connectivity index is 1.27. The molecule has 3 heterocycles. The predicted molar refractivity (Wildman–Crippen MR) is 203 cm³/mol. The molecule has 50 heavy (non-hydrogen) atoms. The molecular formula is C45H28N4O. The molecule has 0 radical (unpaired) electrons. The Hall–Kier alpha value is -6.85. The van der Waals surface area contributed by atoms with Crippen LogP contribution < -0.4 is 0 Å². The summed E-state index contributed by atoms with van der Waals surface area (Å²) in [4.78, 5) is 15.3. The molecule has 3 aromatic heterocycles. The first-order chi connectivity index (χ1) is 26.9. The van der Waals surface area contributed by atoms with E-state index in [1.54, 1.807) is 6.07 Å². The van der Waals surface area contributed by atoms with Crippen LogP contribution in [0.25, 0.3) is 94.7 Å². The molecule has 10 rings (SSSR count). The summed E-state index contributed by atoms with van der Waals surface area (Å²) in [6.07, 6.45) is 0. The van der Waals surface area contributed by atoms with Gasteiger partial charge in [-0.25, -0.2) is 4.98 Å². The number of furan rings is 1. The Morgan fingerprint density at radius 1 is 0.440 bits per heavy atom. The molecule has 7 aromatic carbocycles. The quantitative estimate of drug-likeness (QED) is 0.187. The summed E-state index contributed by atoms with van der Waals surface area (Å²) in [5, 5.41) is 3.45. The number of fused-ring (bicyclic) bond motifs is 6. The highest BCUT2D eigenvalue weighted by atomic mass is 16.3. The van der Waals surface area contributed by atoms with Gasteiger partial charge in [0, 0.05) is 32.7 Å². The van der Waals surface area contributed by atoms with E-state index >= 15 is 0 Å². The van der Waals surface area contributed by atoms with Crippen molar-refractivity contribution in [1.29, 1.82) is 0 Å². The van der Waals surface area contributed by atoms with Crippen LogP contribution in [0.15, 0.2) is 174 Å². The van der Waals surface area contributed by atoms with Gasteiger partial charge in [-0.1, -0.05) is 152 Å². The van der Waals surface area contributed by atoms with E-state index in [0.717, 1.165) is 43.9 Å². The van der Waals surface area contributed by atoms with Crippen LogP contribution in [-0.2, 0) is 0 Å². The maximum Gasteiger partial charge on any atom is 0.238 e. The molecule has 10 aromatic rings. The van der Waals surface area contributed by atoms with Gasteiger partial charge in [-0.05, 0) is 34.9 Å². The van der Waals surface area contributed by atoms with E-state index in [4.69, 9.17) is 26.2 Å². The third-order valence-electron chi connectivity index (χ3n) is 9.17. The molecule has 0 N–H and O–H groups in total. The van der Waals surface area contributed by atoms with E-state index in [2.05, 4.69) is 24.3 Å². The van der Waals surface area contributed by atoms with Crippen LogP contribution in [0, 0.1) is 0 Å². The zero-order valence-corrected chi connectivity index (χ0v) is 26.5. The lowest BCUT2D eigenvalue weighted by molar-refractivity contribution is 0.670. The van der Waals surface area contributed by atoms with Gasteiger partial charge < -0.3 is 4.42 Å². The fraction of sp³-hybridized carbons (Fsp3) is 0. The van der Waals surface area contributed by atoms with Gasteiger partial charge in [-0.3, -0.25) is 4.57 Å². The molecule has 5 nitrogen and oxygen atoms in total. The summed E-state index contributed by atoms with van der Waals surface area (Å²) in [6.45, 7) is 0. The number of rotatable bonds is 5. The van der Waals surface area contributed by atoms with E-state index in [1.807, 2.05) is 114 Å². The molecule has 0 fully saturated rings. The summed E-state index contributed by atoms with van der Waals surface area (Å²) < 4.78 is 51.4. The second-order valence-electron chi connectivity index (χ2n) is 12.0. The molecule has 0 spiro atoms. The van der Waals surface area contributed by atoms with E-state index in [-0.39, 0.29) is 29.7 Å². The number of para-hydroxylation sites is 3. The minimum atomic E-state index is -0.435. The van der Waals surface area contributed by atoms with Crippen molar-refractivity contribution in [2.24, 2.45) is 0 Å². The Bertz CT molecular complexity index is 3130. The molecule has 0 bridgehead atoms. The van der Waals surface area contributed by atoms with Crippen molar-refractivity contribution in [3.8, 4) is 51.0 Å². The van der Waals surface area contributed by atoms with Crippen LogP contribution in [0.1, 0.15) is 6.85 Å². The number of hydrogen-bond acceptors (Lipinski definition) is 4. The molecule has 234 valence electrons. The average molecular weight is 646 g/mol.